The van der Waals surface area contributed by atoms with Crippen LogP contribution >= 0.6 is 0 Å². The first-order valence-electron chi connectivity index (χ1n) is 6.90. The van der Waals surface area contributed by atoms with Gasteiger partial charge in [-0.2, -0.15) is 0 Å². The summed E-state index contributed by atoms with van der Waals surface area (Å²) >= 11 is 0. The molecule has 18 heavy (non-hydrogen) atoms. The fraction of sp³-hybridized carbons (Fsp3) is 0.846. The summed E-state index contributed by atoms with van der Waals surface area (Å²) in [5.74, 6) is 0.570. The molecule has 2 atom stereocenters. The van der Waals surface area contributed by atoms with Crippen LogP contribution in [0.15, 0.2) is 0 Å². The van der Waals surface area contributed by atoms with Crippen LogP contribution in [-0.2, 0) is 9.59 Å². The average Bonchev–Trinajstić information content (AvgIpc) is 2.32. The van der Waals surface area contributed by atoms with E-state index in [1.807, 2.05) is 6.92 Å². The number of hydrogen-bond donors (Lipinski definition) is 3. The first-order chi connectivity index (χ1) is 8.63. The molecule has 1 fully saturated rings. The smallest absolute Gasteiger partial charge is 0.221 e. The minimum Gasteiger partial charge on any atom is -0.356 e. The van der Waals surface area contributed by atoms with Crippen molar-refractivity contribution in [2.24, 2.45) is 5.92 Å². The first-order valence-corrected chi connectivity index (χ1v) is 6.90. The maximum absolute atomic E-state index is 11.7. The highest BCUT2D eigenvalue weighted by atomic mass is 16.2. The molecule has 0 aliphatic carbocycles. The van der Waals surface area contributed by atoms with Crippen LogP contribution in [0, 0.1) is 5.92 Å². The summed E-state index contributed by atoms with van der Waals surface area (Å²) in [6, 6.07) is 0.281. The van der Waals surface area contributed by atoms with Crippen molar-refractivity contribution in [2.75, 3.05) is 19.6 Å². The number of hydrogen-bond acceptors (Lipinski definition) is 3. The topological polar surface area (TPSA) is 70.2 Å². The van der Waals surface area contributed by atoms with Crippen molar-refractivity contribution in [1.82, 2.24) is 16.0 Å². The maximum atomic E-state index is 11.7. The van der Waals surface area contributed by atoms with Crippen molar-refractivity contribution >= 4 is 11.8 Å². The van der Waals surface area contributed by atoms with E-state index >= 15 is 0 Å². The monoisotopic (exact) mass is 255 g/mol. The van der Waals surface area contributed by atoms with Crippen LogP contribution in [0.3, 0.4) is 0 Å². The fourth-order valence-electron chi connectivity index (χ4n) is 2.26. The number of carbonyl (C=O) groups is 2. The summed E-state index contributed by atoms with van der Waals surface area (Å²) in [4.78, 5) is 22.9. The summed E-state index contributed by atoms with van der Waals surface area (Å²) in [6.07, 6.45) is 3.24. The van der Waals surface area contributed by atoms with Crippen molar-refractivity contribution in [2.45, 2.75) is 45.6 Å². The van der Waals surface area contributed by atoms with Gasteiger partial charge in [-0.1, -0.05) is 6.92 Å². The molecular weight excluding hydrogens is 230 g/mol. The molecule has 1 aliphatic heterocycles. The van der Waals surface area contributed by atoms with Gasteiger partial charge in [0.1, 0.15) is 0 Å². The quantitative estimate of drug-likeness (QED) is 0.644. The molecular formula is C13H25N3O2. The number of rotatable bonds is 6. The molecule has 0 bridgehead atoms. The van der Waals surface area contributed by atoms with E-state index < -0.39 is 0 Å². The lowest BCUT2D eigenvalue weighted by molar-refractivity contribution is -0.122. The molecule has 1 heterocycles. The highest BCUT2D eigenvalue weighted by Gasteiger charge is 2.22. The van der Waals surface area contributed by atoms with E-state index in [-0.39, 0.29) is 17.9 Å². The van der Waals surface area contributed by atoms with Gasteiger partial charge in [0, 0.05) is 32.0 Å². The third-order valence-electron chi connectivity index (χ3n) is 3.38. The molecule has 5 nitrogen and oxygen atoms in total. The van der Waals surface area contributed by atoms with Gasteiger partial charge >= 0.3 is 0 Å². The second kappa shape index (κ2) is 8.08. The van der Waals surface area contributed by atoms with Crippen LogP contribution in [0.2, 0.25) is 0 Å². The zero-order valence-corrected chi connectivity index (χ0v) is 11.4. The second-order valence-corrected chi connectivity index (χ2v) is 4.94. The molecule has 2 amide bonds. The van der Waals surface area contributed by atoms with E-state index in [1.165, 1.54) is 12.8 Å². The van der Waals surface area contributed by atoms with E-state index in [4.69, 9.17) is 0 Å². The molecule has 2 unspecified atom stereocenters. The summed E-state index contributed by atoms with van der Waals surface area (Å²) < 4.78 is 0. The van der Waals surface area contributed by atoms with Crippen molar-refractivity contribution < 1.29 is 9.59 Å². The van der Waals surface area contributed by atoms with Crippen molar-refractivity contribution in [3.63, 3.8) is 0 Å². The fourth-order valence-corrected chi connectivity index (χ4v) is 2.26. The first kappa shape index (κ1) is 15.0. The second-order valence-electron chi connectivity index (χ2n) is 4.94. The Morgan fingerprint density at radius 1 is 1.28 bits per heavy atom. The molecule has 0 spiro atoms. The van der Waals surface area contributed by atoms with Gasteiger partial charge in [-0.25, -0.2) is 0 Å². The van der Waals surface area contributed by atoms with E-state index in [9.17, 15) is 9.59 Å². The third-order valence-corrected chi connectivity index (χ3v) is 3.38. The number of piperidine rings is 1. The molecule has 3 N–H and O–H groups in total. The summed E-state index contributed by atoms with van der Waals surface area (Å²) in [6.45, 7) is 6.12. The summed E-state index contributed by atoms with van der Waals surface area (Å²) in [7, 11) is 0. The number of nitrogens with one attached hydrogen (secondary N) is 3. The predicted octanol–water partition coefficient (Wildman–Crippen LogP) is 0.407. The maximum Gasteiger partial charge on any atom is 0.221 e. The van der Waals surface area contributed by atoms with Crippen LogP contribution in [-0.4, -0.2) is 37.5 Å². The number of amides is 2. The van der Waals surface area contributed by atoms with Gasteiger partial charge in [0.15, 0.2) is 0 Å². The molecule has 1 rings (SSSR count). The summed E-state index contributed by atoms with van der Waals surface area (Å²) in [5, 5.41) is 8.88. The van der Waals surface area contributed by atoms with Gasteiger partial charge in [0.2, 0.25) is 11.8 Å². The van der Waals surface area contributed by atoms with Crippen LogP contribution < -0.4 is 16.0 Å². The van der Waals surface area contributed by atoms with Gasteiger partial charge in [0.05, 0.1) is 0 Å². The van der Waals surface area contributed by atoms with Gasteiger partial charge in [-0.05, 0) is 32.2 Å². The van der Waals surface area contributed by atoms with Crippen LogP contribution in [0.5, 0.6) is 0 Å². The van der Waals surface area contributed by atoms with Gasteiger partial charge < -0.3 is 16.0 Å². The van der Waals surface area contributed by atoms with Gasteiger partial charge in [-0.3, -0.25) is 9.59 Å². The van der Waals surface area contributed by atoms with Crippen LogP contribution in [0.4, 0.5) is 0 Å². The Balaban J connectivity index is 2.15. The van der Waals surface area contributed by atoms with Crippen molar-refractivity contribution in [1.29, 1.82) is 0 Å². The minimum atomic E-state index is -0.0121. The zero-order chi connectivity index (χ0) is 13.4. The Labute approximate surface area is 109 Å². The highest BCUT2D eigenvalue weighted by molar-refractivity contribution is 5.79. The molecule has 1 aliphatic rings. The SMILES string of the molecule is CCNC(=O)CCNC(=O)CC1NCCCC1C. The van der Waals surface area contributed by atoms with Crippen LogP contribution in [0.25, 0.3) is 0 Å². The number of carbonyl (C=O) groups excluding carboxylic acids is 2. The van der Waals surface area contributed by atoms with E-state index in [2.05, 4.69) is 22.9 Å². The highest BCUT2D eigenvalue weighted by Crippen LogP contribution is 2.17. The Kier molecular flexibility index (Phi) is 6.72. The summed E-state index contributed by atoms with van der Waals surface area (Å²) in [5.41, 5.74) is 0. The van der Waals surface area contributed by atoms with E-state index in [0.717, 1.165) is 6.54 Å². The predicted molar refractivity (Wildman–Crippen MR) is 71.1 cm³/mol. The van der Waals surface area contributed by atoms with E-state index in [0.29, 0.717) is 31.8 Å². The Morgan fingerprint density at radius 2 is 2.06 bits per heavy atom. The van der Waals surface area contributed by atoms with Crippen LogP contribution in [0.1, 0.15) is 39.5 Å². The van der Waals surface area contributed by atoms with E-state index in [1.54, 1.807) is 0 Å². The Bertz CT molecular complexity index is 281. The molecule has 0 aromatic heterocycles. The molecule has 1 saturated heterocycles. The molecule has 0 aromatic carbocycles. The lowest BCUT2D eigenvalue weighted by Crippen LogP contribution is -2.43. The van der Waals surface area contributed by atoms with Gasteiger partial charge in [-0.15, -0.1) is 0 Å². The lowest BCUT2D eigenvalue weighted by atomic mass is 9.90. The Morgan fingerprint density at radius 3 is 2.72 bits per heavy atom. The lowest BCUT2D eigenvalue weighted by Gasteiger charge is -2.29. The zero-order valence-electron chi connectivity index (χ0n) is 11.4. The molecule has 5 heteroatoms. The minimum absolute atomic E-state index is 0.0121. The molecule has 0 aromatic rings. The van der Waals surface area contributed by atoms with Crippen molar-refractivity contribution in [3.05, 3.63) is 0 Å². The normalized spacial score (nSPS) is 23.4. The largest absolute Gasteiger partial charge is 0.356 e. The molecule has 0 saturated carbocycles. The third kappa shape index (κ3) is 5.49. The Hall–Kier alpha value is -1.10. The standard InChI is InChI=1S/C13H25N3O2/c1-3-14-12(17)6-8-16-13(18)9-11-10(2)5-4-7-15-11/h10-11,15H,3-9H2,1-2H3,(H,14,17)(H,16,18). The van der Waals surface area contributed by atoms with Gasteiger partial charge in [0.25, 0.3) is 0 Å². The molecule has 104 valence electrons. The average molecular weight is 255 g/mol. The van der Waals surface area contributed by atoms with Crippen molar-refractivity contribution in [3.8, 4) is 0 Å². The molecule has 0 radical (unpaired) electrons.